The maximum absolute atomic E-state index is 13.8. The first-order chi connectivity index (χ1) is 8.74. The van der Waals surface area contributed by atoms with Gasteiger partial charge in [0.2, 0.25) is 0 Å². The number of hydrogen-bond donors (Lipinski definition) is 1. The third-order valence-electron chi connectivity index (χ3n) is 3.06. The molecular formula is C14H13BrFNO. The number of hydrogen-bond acceptors (Lipinski definition) is 2. The maximum atomic E-state index is 13.8. The van der Waals surface area contributed by atoms with Gasteiger partial charge in [0.05, 0.1) is 16.3 Å². The molecule has 0 atom stereocenters. The third kappa shape index (κ3) is 2.49. The highest BCUT2D eigenvalue weighted by Crippen LogP contribution is 2.31. The molecule has 2 aromatic rings. The van der Waals surface area contributed by atoms with Crippen LogP contribution in [0.5, 0.6) is 0 Å². The number of nitrogens with one attached hydrogen (secondary N) is 1. The molecule has 1 heterocycles. The Morgan fingerprint density at radius 2 is 2.17 bits per heavy atom. The summed E-state index contributed by atoms with van der Waals surface area (Å²) in [4.78, 5) is 0. The Kier molecular flexibility index (Phi) is 3.22. The Morgan fingerprint density at radius 3 is 2.83 bits per heavy atom. The molecule has 1 N–H and O–H groups in total. The van der Waals surface area contributed by atoms with Crippen molar-refractivity contribution in [2.45, 2.75) is 25.4 Å². The van der Waals surface area contributed by atoms with Gasteiger partial charge < -0.3 is 9.73 Å². The molecule has 1 aliphatic carbocycles. The van der Waals surface area contributed by atoms with Crippen molar-refractivity contribution < 1.29 is 8.81 Å². The van der Waals surface area contributed by atoms with Gasteiger partial charge in [0, 0.05) is 12.6 Å². The van der Waals surface area contributed by atoms with Gasteiger partial charge in [-0.1, -0.05) is 6.07 Å². The van der Waals surface area contributed by atoms with Crippen LogP contribution in [0.25, 0.3) is 11.3 Å². The lowest BCUT2D eigenvalue weighted by atomic mass is 10.1. The maximum Gasteiger partial charge on any atom is 0.150 e. The molecule has 2 nitrogen and oxygen atoms in total. The molecule has 0 bridgehead atoms. The minimum Gasteiger partial charge on any atom is -0.463 e. The molecule has 18 heavy (non-hydrogen) atoms. The van der Waals surface area contributed by atoms with Gasteiger partial charge in [-0.05, 0) is 52.5 Å². The highest BCUT2D eigenvalue weighted by Gasteiger charge is 2.20. The molecule has 0 saturated heterocycles. The Labute approximate surface area is 113 Å². The topological polar surface area (TPSA) is 25.2 Å². The zero-order valence-corrected chi connectivity index (χ0v) is 11.3. The van der Waals surface area contributed by atoms with Crippen LogP contribution in [0.15, 0.2) is 39.4 Å². The standard InChI is InChI=1S/C14H13BrFNO/c15-12-5-6-18-14(12)11-7-9(1-4-13(11)16)8-17-10-2-3-10/h1,4-7,10,17H,2-3,8H2. The van der Waals surface area contributed by atoms with E-state index in [2.05, 4.69) is 21.2 Å². The summed E-state index contributed by atoms with van der Waals surface area (Å²) in [7, 11) is 0. The van der Waals surface area contributed by atoms with Crippen molar-refractivity contribution in [2.75, 3.05) is 0 Å². The van der Waals surface area contributed by atoms with Gasteiger partial charge in [0.1, 0.15) is 5.82 Å². The van der Waals surface area contributed by atoms with E-state index in [1.807, 2.05) is 12.1 Å². The molecule has 3 rings (SSSR count). The van der Waals surface area contributed by atoms with Crippen LogP contribution in [-0.4, -0.2) is 6.04 Å². The highest BCUT2D eigenvalue weighted by molar-refractivity contribution is 9.10. The molecule has 0 spiro atoms. The lowest BCUT2D eigenvalue weighted by molar-refractivity contribution is 0.567. The first-order valence-corrected chi connectivity index (χ1v) is 6.78. The average molecular weight is 310 g/mol. The molecule has 4 heteroatoms. The van der Waals surface area contributed by atoms with E-state index in [0.717, 1.165) is 16.6 Å². The lowest BCUT2D eigenvalue weighted by Crippen LogP contribution is -2.15. The van der Waals surface area contributed by atoms with Gasteiger partial charge in [-0.15, -0.1) is 0 Å². The van der Waals surface area contributed by atoms with E-state index in [1.165, 1.54) is 18.9 Å². The Hall–Kier alpha value is -1.13. The van der Waals surface area contributed by atoms with Gasteiger partial charge >= 0.3 is 0 Å². The summed E-state index contributed by atoms with van der Waals surface area (Å²) in [5, 5.41) is 3.41. The Balaban J connectivity index is 1.87. The van der Waals surface area contributed by atoms with Crippen molar-refractivity contribution in [3.8, 4) is 11.3 Å². The van der Waals surface area contributed by atoms with Crippen molar-refractivity contribution in [1.29, 1.82) is 0 Å². The first kappa shape index (κ1) is 11.9. The summed E-state index contributed by atoms with van der Waals surface area (Å²) in [5.74, 6) is 0.279. The number of halogens is 2. The van der Waals surface area contributed by atoms with E-state index >= 15 is 0 Å². The number of rotatable bonds is 4. The number of benzene rings is 1. The van der Waals surface area contributed by atoms with Gasteiger partial charge in [-0.2, -0.15) is 0 Å². The average Bonchev–Trinajstić information content (AvgIpc) is 3.10. The van der Waals surface area contributed by atoms with Crippen molar-refractivity contribution >= 4 is 15.9 Å². The van der Waals surface area contributed by atoms with Crippen molar-refractivity contribution in [3.05, 3.63) is 46.4 Å². The van der Waals surface area contributed by atoms with E-state index in [1.54, 1.807) is 12.3 Å². The Morgan fingerprint density at radius 1 is 1.33 bits per heavy atom. The normalized spacial score (nSPS) is 15.0. The summed E-state index contributed by atoms with van der Waals surface area (Å²) < 4.78 is 19.9. The molecule has 1 aromatic carbocycles. The molecule has 1 aromatic heterocycles. The lowest BCUT2D eigenvalue weighted by Gasteiger charge is -2.06. The summed E-state index contributed by atoms with van der Waals surface area (Å²) in [6.45, 7) is 0.774. The molecule has 0 radical (unpaired) electrons. The van der Waals surface area contributed by atoms with Gasteiger partial charge in [-0.3, -0.25) is 0 Å². The van der Waals surface area contributed by atoms with Crippen LogP contribution in [0.2, 0.25) is 0 Å². The van der Waals surface area contributed by atoms with Crippen molar-refractivity contribution in [3.63, 3.8) is 0 Å². The van der Waals surface area contributed by atoms with E-state index in [9.17, 15) is 4.39 Å². The minimum absolute atomic E-state index is 0.263. The minimum atomic E-state index is -0.263. The van der Waals surface area contributed by atoms with Crippen LogP contribution in [0.4, 0.5) is 4.39 Å². The van der Waals surface area contributed by atoms with Crippen LogP contribution < -0.4 is 5.32 Å². The first-order valence-electron chi connectivity index (χ1n) is 5.99. The van der Waals surface area contributed by atoms with E-state index < -0.39 is 0 Å². The molecule has 94 valence electrons. The quantitative estimate of drug-likeness (QED) is 0.920. The fraction of sp³-hybridized carbons (Fsp3) is 0.286. The summed E-state index contributed by atoms with van der Waals surface area (Å²) in [6.07, 6.45) is 4.05. The largest absolute Gasteiger partial charge is 0.463 e. The van der Waals surface area contributed by atoms with Gasteiger partial charge in [0.25, 0.3) is 0 Å². The summed E-state index contributed by atoms with van der Waals surface area (Å²) in [6, 6.07) is 7.56. The van der Waals surface area contributed by atoms with Gasteiger partial charge in [-0.25, -0.2) is 4.39 Å². The molecule has 1 saturated carbocycles. The molecule has 0 unspecified atom stereocenters. The summed E-state index contributed by atoms with van der Waals surface area (Å²) >= 11 is 3.36. The van der Waals surface area contributed by atoms with Crippen LogP contribution in [0.3, 0.4) is 0 Å². The van der Waals surface area contributed by atoms with Crippen molar-refractivity contribution in [1.82, 2.24) is 5.32 Å². The molecule has 1 fully saturated rings. The monoisotopic (exact) mass is 309 g/mol. The zero-order chi connectivity index (χ0) is 12.5. The van der Waals surface area contributed by atoms with Crippen LogP contribution in [0.1, 0.15) is 18.4 Å². The zero-order valence-electron chi connectivity index (χ0n) is 9.75. The second kappa shape index (κ2) is 4.86. The smallest absolute Gasteiger partial charge is 0.150 e. The predicted octanol–water partition coefficient (Wildman–Crippen LogP) is 4.10. The van der Waals surface area contributed by atoms with E-state index in [4.69, 9.17) is 4.42 Å². The van der Waals surface area contributed by atoms with Crippen molar-refractivity contribution in [2.24, 2.45) is 0 Å². The molecule has 0 amide bonds. The molecule has 0 aliphatic heterocycles. The van der Waals surface area contributed by atoms with Gasteiger partial charge in [0.15, 0.2) is 5.76 Å². The third-order valence-corrected chi connectivity index (χ3v) is 3.69. The Bertz CT molecular complexity index is 563. The highest BCUT2D eigenvalue weighted by atomic mass is 79.9. The second-order valence-electron chi connectivity index (χ2n) is 4.57. The predicted molar refractivity (Wildman–Crippen MR) is 71.7 cm³/mol. The summed E-state index contributed by atoms with van der Waals surface area (Å²) in [5.41, 5.74) is 1.57. The molecular weight excluding hydrogens is 297 g/mol. The fourth-order valence-corrected chi connectivity index (χ4v) is 2.31. The van der Waals surface area contributed by atoms with Crippen LogP contribution in [0, 0.1) is 5.82 Å². The molecule has 1 aliphatic rings. The number of furan rings is 1. The van der Waals surface area contributed by atoms with E-state index in [-0.39, 0.29) is 5.82 Å². The van der Waals surface area contributed by atoms with E-state index in [0.29, 0.717) is 17.4 Å². The van der Waals surface area contributed by atoms with Crippen LogP contribution in [-0.2, 0) is 6.54 Å². The SMILES string of the molecule is Fc1ccc(CNC2CC2)cc1-c1occc1Br. The van der Waals surface area contributed by atoms with Crippen LogP contribution >= 0.6 is 15.9 Å². The second-order valence-corrected chi connectivity index (χ2v) is 5.42. The fourth-order valence-electron chi connectivity index (χ4n) is 1.89.